The van der Waals surface area contributed by atoms with Gasteiger partial charge in [-0.05, 0) is 12.5 Å². The molecule has 19 heavy (non-hydrogen) atoms. The highest BCUT2D eigenvalue weighted by molar-refractivity contribution is 5.85. The first kappa shape index (κ1) is 17.9. The molecule has 8 heteroatoms. The van der Waals surface area contributed by atoms with Crippen molar-refractivity contribution >= 4 is 12.4 Å². The number of aliphatic hydroxyl groups excluding tert-OH is 1. The number of halogens is 5. The zero-order chi connectivity index (χ0) is 13.8. The molecular weight excluding hydrogens is 290 g/mol. The molecule has 0 saturated carbocycles. The van der Waals surface area contributed by atoms with Crippen molar-refractivity contribution in [2.45, 2.75) is 25.0 Å². The molecule has 1 rings (SSSR count). The molecule has 1 aromatic carbocycles. The van der Waals surface area contributed by atoms with Crippen LogP contribution < -0.4 is 10.5 Å². The van der Waals surface area contributed by atoms with Crippen LogP contribution in [0.5, 0.6) is 5.75 Å². The maximum Gasteiger partial charge on any atom is 0.461 e. The van der Waals surface area contributed by atoms with E-state index in [0.717, 1.165) is 6.07 Å². The van der Waals surface area contributed by atoms with Gasteiger partial charge in [0, 0.05) is 18.2 Å². The van der Waals surface area contributed by atoms with Gasteiger partial charge < -0.3 is 15.6 Å². The maximum absolute atomic E-state index is 12.8. The van der Waals surface area contributed by atoms with Gasteiger partial charge in [-0.25, -0.2) is 0 Å². The van der Waals surface area contributed by atoms with Crippen LogP contribution in [-0.4, -0.2) is 24.2 Å². The van der Waals surface area contributed by atoms with Gasteiger partial charge in [-0.15, -0.1) is 12.4 Å². The lowest BCUT2D eigenvalue weighted by Gasteiger charge is -2.21. The third-order valence-electron chi connectivity index (χ3n) is 2.26. The molecular formula is C11H14ClF4NO2. The Bertz CT molecular complexity index is 393. The fourth-order valence-corrected chi connectivity index (χ4v) is 1.37. The molecule has 0 radical (unpaired) electrons. The minimum absolute atomic E-state index is 0. The van der Waals surface area contributed by atoms with Crippen LogP contribution in [0.1, 0.15) is 18.0 Å². The van der Waals surface area contributed by atoms with Gasteiger partial charge >= 0.3 is 12.5 Å². The number of benzene rings is 1. The van der Waals surface area contributed by atoms with Crippen molar-refractivity contribution in [1.82, 2.24) is 0 Å². The van der Waals surface area contributed by atoms with E-state index in [-0.39, 0.29) is 31.0 Å². The molecule has 110 valence electrons. The molecule has 0 heterocycles. The van der Waals surface area contributed by atoms with Gasteiger partial charge in [0.15, 0.2) is 0 Å². The van der Waals surface area contributed by atoms with Gasteiger partial charge in [-0.3, -0.25) is 0 Å². The summed E-state index contributed by atoms with van der Waals surface area (Å²) in [5.41, 5.74) is 5.77. The highest BCUT2D eigenvalue weighted by atomic mass is 35.5. The molecule has 0 saturated heterocycles. The molecule has 0 bridgehead atoms. The fraction of sp³-hybridized carbons (Fsp3) is 0.455. The van der Waals surface area contributed by atoms with Crippen LogP contribution in [0.4, 0.5) is 17.6 Å². The Labute approximate surface area is 113 Å². The standard InChI is InChI=1S/C11H13F4NO2.ClH/c12-10(13)11(14,15)18-9-4-2-1-3-7(9)8(16)5-6-17;/h1-4,8,10,17H,5-6,16H2;1H/t8-;/m0./s1. The second-order valence-electron chi connectivity index (χ2n) is 3.62. The Morgan fingerprint density at radius 3 is 2.37 bits per heavy atom. The number of para-hydroxylation sites is 1. The summed E-state index contributed by atoms with van der Waals surface area (Å²) >= 11 is 0. The van der Waals surface area contributed by atoms with Gasteiger partial charge in [0.05, 0.1) is 0 Å². The number of hydrogen-bond acceptors (Lipinski definition) is 3. The van der Waals surface area contributed by atoms with Crippen molar-refractivity contribution in [1.29, 1.82) is 0 Å². The predicted octanol–water partition coefficient (Wildman–Crippen LogP) is 2.73. The van der Waals surface area contributed by atoms with Gasteiger partial charge in [0.2, 0.25) is 0 Å². The molecule has 0 unspecified atom stereocenters. The number of aliphatic hydroxyl groups is 1. The van der Waals surface area contributed by atoms with Gasteiger partial charge in [0.25, 0.3) is 0 Å². The molecule has 3 nitrogen and oxygen atoms in total. The van der Waals surface area contributed by atoms with E-state index in [0.29, 0.717) is 0 Å². The Hall–Kier alpha value is -1.05. The lowest BCUT2D eigenvalue weighted by atomic mass is 10.0. The van der Waals surface area contributed by atoms with E-state index >= 15 is 0 Å². The average molecular weight is 304 g/mol. The van der Waals surface area contributed by atoms with Crippen molar-refractivity contribution in [2.24, 2.45) is 5.73 Å². The largest absolute Gasteiger partial charge is 0.461 e. The van der Waals surface area contributed by atoms with E-state index in [1.54, 1.807) is 0 Å². The smallest absolute Gasteiger partial charge is 0.428 e. The van der Waals surface area contributed by atoms with E-state index in [9.17, 15) is 17.6 Å². The number of alkyl halides is 4. The van der Waals surface area contributed by atoms with Crippen molar-refractivity contribution in [3.63, 3.8) is 0 Å². The number of nitrogens with two attached hydrogens (primary N) is 1. The molecule has 1 aromatic rings. The SMILES string of the molecule is Cl.N[C@@H](CCO)c1ccccc1OC(F)(F)C(F)F. The topological polar surface area (TPSA) is 55.5 Å². The normalized spacial score (nSPS) is 13.0. The highest BCUT2D eigenvalue weighted by Gasteiger charge is 2.44. The molecule has 3 N–H and O–H groups in total. The van der Waals surface area contributed by atoms with Crippen LogP contribution in [0, 0.1) is 0 Å². The Balaban J connectivity index is 0.00000324. The van der Waals surface area contributed by atoms with Crippen LogP contribution in [0.15, 0.2) is 24.3 Å². The first-order valence-corrected chi connectivity index (χ1v) is 5.19. The average Bonchev–Trinajstić information content (AvgIpc) is 2.29. The number of ether oxygens (including phenoxy) is 1. The summed E-state index contributed by atoms with van der Waals surface area (Å²) < 4.78 is 53.7. The third-order valence-corrected chi connectivity index (χ3v) is 2.26. The first-order valence-electron chi connectivity index (χ1n) is 5.19. The van der Waals surface area contributed by atoms with E-state index in [4.69, 9.17) is 10.8 Å². The predicted molar refractivity (Wildman–Crippen MR) is 63.9 cm³/mol. The lowest BCUT2D eigenvalue weighted by Crippen LogP contribution is -2.34. The van der Waals surface area contributed by atoms with Crippen molar-refractivity contribution in [2.75, 3.05) is 6.61 Å². The molecule has 0 spiro atoms. The van der Waals surface area contributed by atoms with E-state index in [1.165, 1.54) is 18.2 Å². The van der Waals surface area contributed by atoms with E-state index in [2.05, 4.69) is 4.74 Å². The minimum Gasteiger partial charge on any atom is -0.428 e. The molecule has 0 aliphatic rings. The van der Waals surface area contributed by atoms with Crippen molar-refractivity contribution in [3.8, 4) is 5.75 Å². The molecule has 0 aliphatic heterocycles. The Morgan fingerprint density at radius 2 is 1.84 bits per heavy atom. The highest BCUT2D eigenvalue weighted by Crippen LogP contribution is 2.32. The van der Waals surface area contributed by atoms with Crippen LogP contribution >= 0.6 is 12.4 Å². The summed E-state index contributed by atoms with van der Waals surface area (Å²) in [6, 6.07) is 4.63. The number of rotatable bonds is 6. The molecule has 0 aromatic heterocycles. The molecule has 0 amide bonds. The maximum atomic E-state index is 12.8. The van der Waals surface area contributed by atoms with Crippen LogP contribution in [-0.2, 0) is 0 Å². The van der Waals surface area contributed by atoms with E-state index < -0.39 is 24.3 Å². The second-order valence-corrected chi connectivity index (χ2v) is 3.62. The summed E-state index contributed by atoms with van der Waals surface area (Å²) in [7, 11) is 0. The van der Waals surface area contributed by atoms with Crippen LogP contribution in [0.2, 0.25) is 0 Å². The molecule has 1 atom stereocenters. The summed E-state index contributed by atoms with van der Waals surface area (Å²) in [5, 5.41) is 8.72. The van der Waals surface area contributed by atoms with Gasteiger partial charge in [0.1, 0.15) is 5.75 Å². The summed E-state index contributed by atoms with van der Waals surface area (Å²) in [5.74, 6) is -0.413. The van der Waals surface area contributed by atoms with Crippen molar-refractivity contribution in [3.05, 3.63) is 29.8 Å². The molecule has 0 fully saturated rings. The van der Waals surface area contributed by atoms with E-state index in [1.807, 2.05) is 0 Å². The molecule has 0 aliphatic carbocycles. The zero-order valence-electron chi connectivity index (χ0n) is 9.73. The summed E-state index contributed by atoms with van der Waals surface area (Å²) in [6.07, 6.45) is -8.39. The summed E-state index contributed by atoms with van der Waals surface area (Å²) in [4.78, 5) is 0. The Morgan fingerprint density at radius 1 is 1.26 bits per heavy atom. The Kier molecular flexibility index (Phi) is 7.10. The minimum atomic E-state index is -4.57. The van der Waals surface area contributed by atoms with Gasteiger partial charge in [-0.1, -0.05) is 18.2 Å². The monoisotopic (exact) mass is 303 g/mol. The fourth-order valence-electron chi connectivity index (χ4n) is 1.37. The lowest BCUT2D eigenvalue weighted by molar-refractivity contribution is -0.253. The van der Waals surface area contributed by atoms with Crippen LogP contribution in [0.3, 0.4) is 0 Å². The van der Waals surface area contributed by atoms with Crippen LogP contribution in [0.25, 0.3) is 0 Å². The number of hydrogen-bond donors (Lipinski definition) is 2. The second kappa shape index (κ2) is 7.52. The van der Waals surface area contributed by atoms with Crippen molar-refractivity contribution < 1.29 is 27.4 Å². The third kappa shape index (κ3) is 4.85. The van der Waals surface area contributed by atoms with Gasteiger partial charge in [-0.2, -0.15) is 17.6 Å². The first-order chi connectivity index (χ1) is 8.38. The zero-order valence-corrected chi connectivity index (χ0v) is 10.5. The quantitative estimate of drug-likeness (QED) is 0.795. The summed E-state index contributed by atoms with van der Waals surface area (Å²) in [6.45, 7) is -0.249.